The van der Waals surface area contributed by atoms with Gasteiger partial charge in [-0.2, -0.15) is 0 Å². The molecule has 0 heterocycles. The van der Waals surface area contributed by atoms with Crippen LogP contribution >= 0.6 is 0 Å². The van der Waals surface area contributed by atoms with Crippen LogP contribution in [-0.2, 0) is 63.4 Å². The van der Waals surface area contributed by atoms with Gasteiger partial charge < -0.3 is 36.9 Å². The van der Waals surface area contributed by atoms with E-state index in [0.717, 1.165) is 0 Å². The van der Waals surface area contributed by atoms with Crippen LogP contribution in [0.1, 0.15) is 0 Å². The summed E-state index contributed by atoms with van der Waals surface area (Å²) < 4.78 is 0. The fraction of sp³-hybridized carbons (Fsp3) is 0. The van der Waals surface area contributed by atoms with Crippen LogP contribution in [0, 0.1) is 0 Å². The average molecular weight is 308 g/mol. The van der Waals surface area contributed by atoms with Crippen LogP contribution in [0.4, 0.5) is 4.79 Å². The average Bonchev–Trinajstić information content (AvgIpc) is 0.811. The summed E-state index contributed by atoms with van der Waals surface area (Å²) in [5.41, 5.74) is 0. The molecule has 0 aromatic carbocycles. The number of hydrogen-bond donors (Lipinski definition) is 0. The molecule has 0 atom stereocenters. The molecule has 2 N–H and O–H groups in total. The van der Waals surface area contributed by atoms with Crippen LogP contribution in [0.15, 0.2) is 0 Å². The van der Waals surface area contributed by atoms with Crippen LogP contribution in [0.3, 0.4) is 0 Å². The summed E-state index contributed by atoms with van der Waals surface area (Å²) in [4.78, 5) is 8.33. The Bertz CT molecular complexity index is 34.6. The topological polar surface area (TPSA) is 180 Å². The van der Waals surface area contributed by atoms with Gasteiger partial charge in [-0.3, -0.25) is 0 Å². The standard InChI is InChI=1S/CH2O3.2H2O.2O.2Zr/c2-1(3)4;;;;;;/h(H2,2,3,4);2*1H2;;;;/q;;;2*-2;2*+4/p-4. The smallest absolute Gasteiger partial charge is 2.00 e. The van der Waals surface area contributed by atoms with E-state index in [1.807, 2.05) is 0 Å². The van der Waals surface area contributed by atoms with Gasteiger partial charge in [0.2, 0.25) is 0 Å². The number of hydrogen-bond acceptors (Lipinski definition) is 5. The summed E-state index contributed by atoms with van der Waals surface area (Å²) in [6.45, 7) is 0. The van der Waals surface area contributed by atoms with E-state index in [1.165, 1.54) is 0 Å². The second-order valence-corrected chi connectivity index (χ2v) is 0.250. The molecule has 10 heavy (non-hydrogen) atoms. The van der Waals surface area contributed by atoms with Crippen molar-refractivity contribution in [1.82, 2.24) is 0 Å². The summed E-state index contributed by atoms with van der Waals surface area (Å²) in [6, 6.07) is 0. The van der Waals surface area contributed by atoms with E-state index >= 15 is 0 Å². The third-order valence-electron chi connectivity index (χ3n) is 0. The fourth-order valence-corrected chi connectivity index (χ4v) is 0. The molecule has 0 aliphatic carbocycles. The fourth-order valence-electron chi connectivity index (χ4n) is 0. The van der Waals surface area contributed by atoms with Crippen molar-refractivity contribution in [2.75, 3.05) is 0 Å². The van der Waals surface area contributed by atoms with Crippen molar-refractivity contribution in [1.29, 1.82) is 0 Å². The zero-order valence-electron chi connectivity index (χ0n) is 4.44. The summed E-state index contributed by atoms with van der Waals surface area (Å²) in [5.74, 6) is 0. The molecule has 7 nitrogen and oxygen atoms in total. The van der Waals surface area contributed by atoms with E-state index in [0.29, 0.717) is 0 Å². The summed E-state index contributed by atoms with van der Waals surface area (Å²) in [7, 11) is 0. The Labute approximate surface area is 94.9 Å². The molecule has 0 rings (SSSR count). The van der Waals surface area contributed by atoms with E-state index in [-0.39, 0.29) is 74.3 Å². The molecule has 0 aromatic heterocycles. The van der Waals surface area contributed by atoms with Gasteiger partial charge >= 0.3 is 52.4 Å². The van der Waals surface area contributed by atoms with Gasteiger partial charge in [-0.05, 0) is 6.16 Å². The van der Waals surface area contributed by atoms with Crippen molar-refractivity contribution in [2.45, 2.75) is 0 Å². The minimum atomic E-state index is -2.33. The van der Waals surface area contributed by atoms with Gasteiger partial charge in [0.15, 0.2) is 0 Å². The van der Waals surface area contributed by atoms with Crippen molar-refractivity contribution in [3.8, 4) is 0 Å². The van der Waals surface area contributed by atoms with E-state index in [9.17, 15) is 0 Å². The van der Waals surface area contributed by atoms with Crippen LogP contribution in [0.5, 0.6) is 0 Å². The molecule has 0 bridgehead atoms. The minimum Gasteiger partial charge on any atom is -2.00 e. The van der Waals surface area contributed by atoms with Crippen molar-refractivity contribution in [3.63, 3.8) is 0 Å². The Hall–Kier alpha value is 0.876. The van der Waals surface area contributed by atoms with Crippen LogP contribution < -0.4 is 10.2 Å². The Kier molecular flexibility index (Phi) is 366. The first-order valence-corrected chi connectivity index (χ1v) is 0.612. The molecule has 0 fully saturated rings. The van der Waals surface area contributed by atoms with Gasteiger partial charge in [-0.15, -0.1) is 0 Å². The largest absolute Gasteiger partial charge is 4.00 e. The predicted octanol–water partition coefficient (Wildman–Crippen LogP) is -3.04. The summed E-state index contributed by atoms with van der Waals surface area (Å²) in [6.07, 6.45) is -2.33. The van der Waals surface area contributed by atoms with Crippen LogP contribution in [0.25, 0.3) is 0 Å². The number of carbonyl (C=O) groups excluding carboxylic acids is 1. The maximum Gasteiger partial charge on any atom is 4.00 e. The van der Waals surface area contributed by atoms with Gasteiger partial charge in [0.1, 0.15) is 0 Å². The number of carboxylic acid groups (broad SMARTS) is 2. The van der Waals surface area contributed by atoms with Crippen molar-refractivity contribution in [3.05, 3.63) is 0 Å². The Morgan fingerprint density at radius 1 is 0.900 bits per heavy atom. The SMILES string of the molecule is O=C([O-])[O-].[O-2].[O-2].[OH-].[OH-].[Zr+4].[Zr+4]. The normalized spacial score (nSPS) is 2.40. The zero-order chi connectivity index (χ0) is 3.58. The van der Waals surface area contributed by atoms with E-state index in [1.54, 1.807) is 0 Å². The maximum atomic E-state index is 8.33. The molecule has 0 aliphatic heterocycles. The minimum absolute atomic E-state index is 0. The summed E-state index contributed by atoms with van der Waals surface area (Å²) in [5, 5.41) is 16.7. The molecule has 0 spiro atoms. The molecule has 0 aromatic rings. The molecular formula is CH2O7Zr2. The first-order valence-electron chi connectivity index (χ1n) is 0.612. The van der Waals surface area contributed by atoms with Gasteiger partial charge in [0, 0.05) is 0 Å². The Morgan fingerprint density at radius 3 is 0.900 bits per heavy atom. The molecule has 56 valence electrons. The molecule has 0 unspecified atom stereocenters. The Morgan fingerprint density at radius 2 is 0.900 bits per heavy atom. The van der Waals surface area contributed by atoms with Gasteiger partial charge in [-0.1, -0.05) is 0 Å². The Balaban J connectivity index is -0.00000000300. The van der Waals surface area contributed by atoms with E-state index < -0.39 is 6.16 Å². The second-order valence-electron chi connectivity index (χ2n) is 0.250. The first kappa shape index (κ1) is 70.6. The van der Waals surface area contributed by atoms with Crippen molar-refractivity contribution < 1.29 is 89.3 Å². The van der Waals surface area contributed by atoms with E-state index in [4.69, 9.17) is 15.0 Å². The molecular weight excluding hydrogens is 306 g/mol. The number of carbonyl (C=O) groups is 1. The second kappa shape index (κ2) is 51.8. The third kappa shape index (κ3) is 717. The van der Waals surface area contributed by atoms with E-state index in [2.05, 4.69) is 0 Å². The predicted molar refractivity (Wildman–Crippen MR) is 10.6 cm³/mol. The van der Waals surface area contributed by atoms with Crippen LogP contribution in [-0.4, -0.2) is 17.1 Å². The monoisotopic (exact) mass is 306 g/mol. The molecule has 9 heteroatoms. The zero-order valence-corrected chi connectivity index (χ0v) is 9.35. The maximum absolute atomic E-state index is 8.33. The molecule has 0 saturated carbocycles. The number of rotatable bonds is 0. The van der Waals surface area contributed by atoms with Gasteiger partial charge in [0.25, 0.3) is 0 Å². The van der Waals surface area contributed by atoms with Crippen molar-refractivity contribution >= 4 is 6.16 Å². The van der Waals surface area contributed by atoms with Gasteiger partial charge in [-0.25, -0.2) is 0 Å². The van der Waals surface area contributed by atoms with Gasteiger partial charge in [0.05, 0.1) is 0 Å². The first-order chi connectivity index (χ1) is 1.73. The van der Waals surface area contributed by atoms with Crippen molar-refractivity contribution in [2.24, 2.45) is 0 Å². The van der Waals surface area contributed by atoms with Crippen LogP contribution in [0.2, 0.25) is 0 Å². The quantitative estimate of drug-likeness (QED) is 0.460. The molecule has 0 saturated heterocycles. The molecule has 0 amide bonds. The molecule has 0 radical (unpaired) electrons. The molecule has 0 aliphatic rings. The summed E-state index contributed by atoms with van der Waals surface area (Å²) >= 11 is 0. The third-order valence-corrected chi connectivity index (χ3v) is 0.